The largest absolute Gasteiger partial charge is 0.507 e. The molecule has 3 aliphatic heterocycles. The van der Waals surface area contributed by atoms with Crippen molar-refractivity contribution < 1.29 is 48.3 Å². The zero-order chi connectivity index (χ0) is 22.9. The maximum absolute atomic E-state index is 13.7. The van der Waals surface area contributed by atoms with Crippen molar-refractivity contribution >= 4 is 23.5 Å². The smallest absolute Gasteiger partial charge is 0.309 e. The summed E-state index contributed by atoms with van der Waals surface area (Å²) in [5.41, 5.74) is -0.837. The highest BCUT2D eigenvalue weighted by Gasteiger charge is 2.65. The molecule has 1 aromatic carbocycles. The van der Waals surface area contributed by atoms with Crippen molar-refractivity contribution in [2.75, 3.05) is 0 Å². The third-order valence-electron chi connectivity index (χ3n) is 6.18. The summed E-state index contributed by atoms with van der Waals surface area (Å²) < 4.78 is 22.6. The Labute approximate surface area is 181 Å². The van der Waals surface area contributed by atoms with Crippen LogP contribution in [0.15, 0.2) is 29.3 Å². The zero-order valence-corrected chi connectivity index (χ0v) is 17.2. The Kier molecular flexibility index (Phi) is 4.52. The normalized spacial score (nSPS) is 35.8. The van der Waals surface area contributed by atoms with Gasteiger partial charge in [0.05, 0.1) is 29.2 Å². The third-order valence-corrected chi connectivity index (χ3v) is 6.18. The molecule has 0 aromatic heterocycles. The highest BCUT2D eigenvalue weighted by atomic mass is 16.7. The van der Waals surface area contributed by atoms with Gasteiger partial charge in [0.15, 0.2) is 17.7 Å². The van der Waals surface area contributed by atoms with Gasteiger partial charge in [0, 0.05) is 18.9 Å². The van der Waals surface area contributed by atoms with Gasteiger partial charge in [0.2, 0.25) is 5.79 Å². The van der Waals surface area contributed by atoms with Crippen molar-refractivity contribution in [1.82, 2.24) is 0 Å². The number of aliphatic hydroxyl groups is 1. The number of phenolic OH excluding ortho intramolecular Hbond substituents is 1. The van der Waals surface area contributed by atoms with E-state index in [9.17, 15) is 29.4 Å². The summed E-state index contributed by atoms with van der Waals surface area (Å²) in [5.74, 6) is -5.37. The number of fused-ring (bicyclic) bond motifs is 4. The molecule has 4 aliphatic rings. The first-order valence-electron chi connectivity index (χ1n) is 10.2. The van der Waals surface area contributed by atoms with Gasteiger partial charge in [-0.1, -0.05) is 12.1 Å². The Morgan fingerprint density at radius 3 is 2.66 bits per heavy atom. The number of carbonyl (C=O) groups is 4. The second kappa shape index (κ2) is 6.96. The van der Waals surface area contributed by atoms with Gasteiger partial charge in [-0.05, 0) is 13.0 Å². The van der Waals surface area contributed by atoms with E-state index < -0.39 is 65.6 Å². The third kappa shape index (κ3) is 2.76. The van der Waals surface area contributed by atoms with E-state index >= 15 is 0 Å². The van der Waals surface area contributed by atoms with Crippen LogP contribution in [-0.4, -0.2) is 70.0 Å². The number of benzene rings is 1. The van der Waals surface area contributed by atoms with Crippen LogP contribution in [0.25, 0.3) is 0 Å². The van der Waals surface area contributed by atoms with Crippen LogP contribution in [0.2, 0.25) is 0 Å². The molecule has 0 bridgehead atoms. The fraction of sp³-hybridized carbons (Fsp3) is 0.455. The van der Waals surface area contributed by atoms with Gasteiger partial charge in [0.25, 0.3) is 0 Å². The van der Waals surface area contributed by atoms with Crippen molar-refractivity contribution in [3.05, 3.63) is 40.5 Å². The Balaban J connectivity index is 1.75. The molecule has 1 unspecified atom stereocenters. The average Bonchev–Trinajstić information content (AvgIpc) is 3.08. The molecule has 1 spiro atoms. The minimum atomic E-state index is -2.20. The van der Waals surface area contributed by atoms with E-state index in [1.54, 1.807) is 6.92 Å². The molecule has 2 saturated heterocycles. The van der Waals surface area contributed by atoms with Gasteiger partial charge in [-0.2, -0.15) is 0 Å². The molecular formula is C22H20O10. The van der Waals surface area contributed by atoms with Crippen LogP contribution < -0.4 is 0 Å². The molecule has 1 aromatic rings. The highest BCUT2D eigenvalue weighted by Crippen LogP contribution is 2.51. The molecule has 2 fully saturated rings. The summed E-state index contributed by atoms with van der Waals surface area (Å²) in [6.45, 7) is 2.81. The van der Waals surface area contributed by atoms with Gasteiger partial charge in [-0.15, -0.1) is 0 Å². The topological polar surface area (TPSA) is 146 Å². The molecule has 10 heteroatoms. The number of esters is 2. The number of ketones is 2. The SMILES string of the molecule is CC(=O)O[C@H]1C[C@H](C)OC2(O[C@H]3CC(=O)O[C@H]3C3=C2C(=O)c2c(O)cccc2C3=O)[C@H]1O. The lowest BCUT2D eigenvalue weighted by Crippen LogP contribution is -2.66. The van der Waals surface area contributed by atoms with E-state index in [0.29, 0.717) is 0 Å². The van der Waals surface area contributed by atoms with Crippen molar-refractivity contribution in [2.24, 2.45) is 0 Å². The fourth-order valence-electron chi connectivity index (χ4n) is 5.01. The molecule has 5 rings (SSSR count). The van der Waals surface area contributed by atoms with Crippen LogP contribution in [0.1, 0.15) is 47.4 Å². The second-order valence-electron chi connectivity index (χ2n) is 8.34. The minimum absolute atomic E-state index is 0.0533. The van der Waals surface area contributed by atoms with E-state index in [2.05, 4.69) is 0 Å². The molecule has 32 heavy (non-hydrogen) atoms. The van der Waals surface area contributed by atoms with E-state index in [0.717, 1.165) is 0 Å². The van der Waals surface area contributed by atoms with Crippen LogP contribution in [-0.2, 0) is 28.5 Å². The lowest BCUT2D eigenvalue weighted by atomic mass is 9.73. The maximum Gasteiger partial charge on any atom is 0.309 e. The Hall–Kier alpha value is -3.08. The first kappa shape index (κ1) is 20.8. The summed E-state index contributed by atoms with van der Waals surface area (Å²) in [7, 11) is 0. The lowest BCUT2D eigenvalue weighted by Gasteiger charge is -2.51. The van der Waals surface area contributed by atoms with Crippen LogP contribution in [0.4, 0.5) is 0 Å². The fourth-order valence-corrected chi connectivity index (χ4v) is 5.01. The van der Waals surface area contributed by atoms with Crippen molar-refractivity contribution in [3.8, 4) is 5.75 Å². The summed E-state index contributed by atoms with van der Waals surface area (Å²) in [4.78, 5) is 50.8. The Bertz CT molecular complexity index is 1100. The van der Waals surface area contributed by atoms with Gasteiger partial charge in [-0.3, -0.25) is 19.2 Å². The minimum Gasteiger partial charge on any atom is -0.507 e. The van der Waals surface area contributed by atoms with E-state index in [1.165, 1.54) is 25.1 Å². The summed E-state index contributed by atoms with van der Waals surface area (Å²) in [5, 5.41) is 21.6. The molecule has 6 atom stereocenters. The predicted molar refractivity (Wildman–Crippen MR) is 103 cm³/mol. The standard InChI is InChI=1S/C22H20O10/c1-8-6-13(29-9(2)23)21(28)22(31-8)17-16(20-12(32-22)7-14(25)30-20)18(26)10-4-3-5-11(24)15(10)19(17)27/h3-5,8,12-13,20-21,24,28H,6-7H2,1-2H3/t8-,12-,13-,20+,21-,22?/m0/s1. The Morgan fingerprint density at radius 2 is 1.94 bits per heavy atom. The predicted octanol–water partition coefficient (Wildman–Crippen LogP) is 0.580. The lowest BCUT2D eigenvalue weighted by molar-refractivity contribution is -0.336. The number of Topliss-reactive ketones (excluding diaryl/α,β-unsaturated/α-hetero) is 2. The number of rotatable bonds is 1. The van der Waals surface area contributed by atoms with Gasteiger partial charge in [-0.25, -0.2) is 0 Å². The molecule has 168 valence electrons. The number of carbonyl (C=O) groups excluding carboxylic acids is 4. The van der Waals surface area contributed by atoms with E-state index in [4.69, 9.17) is 18.9 Å². The molecule has 10 nitrogen and oxygen atoms in total. The monoisotopic (exact) mass is 444 g/mol. The second-order valence-corrected chi connectivity index (χ2v) is 8.34. The van der Waals surface area contributed by atoms with Crippen LogP contribution in [0.3, 0.4) is 0 Å². The van der Waals surface area contributed by atoms with Crippen LogP contribution in [0, 0.1) is 0 Å². The Morgan fingerprint density at radius 1 is 1.19 bits per heavy atom. The number of ether oxygens (including phenoxy) is 4. The molecule has 0 saturated carbocycles. The molecule has 0 amide bonds. The number of hydrogen-bond acceptors (Lipinski definition) is 10. The van der Waals surface area contributed by atoms with Crippen molar-refractivity contribution in [2.45, 2.75) is 63.0 Å². The molecule has 1 aliphatic carbocycles. The highest BCUT2D eigenvalue weighted by molar-refractivity contribution is 6.29. The summed E-state index contributed by atoms with van der Waals surface area (Å²) in [6, 6.07) is 4.06. The van der Waals surface area contributed by atoms with Crippen molar-refractivity contribution in [1.29, 1.82) is 0 Å². The average molecular weight is 444 g/mol. The first-order valence-corrected chi connectivity index (χ1v) is 10.2. The van der Waals surface area contributed by atoms with Crippen LogP contribution in [0.5, 0.6) is 5.75 Å². The number of aromatic hydroxyl groups is 1. The summed E-state index contributed by atoms with van der Waals surface area (Å²) in [6.07, 6.45) is -5.73. The number of hydrogen-bond donors (Lipinski definition) is 2. The van der Waals surface area contributed by atoms with Gasteiger partial charge in [0.1, 0.15) is 24.1 Å². The molecule has 3 heterocycles. The number of aliphatic hydroxyl groups excluding tert-OH is 1. The zero-order valence-electron chi connectivity index (χ0n) is 17.2. The number of phenols is 1. The van der Waals surface area contributed by atoms with Crippen molar-refractivity contribution in [3.63, 3.8) is 0 Å². The first-order chi connectivity index (χ1) is 15.1. The quantitative estimate of drug-likeness (QED) is 0.590. The van der Waals surface area contributed by atoms with Gasteiger partial charge >= 0.3 is 11.9 Å². The summed E-state index contributed by atoms with van der Waals surface area (Å²) >= 11 is 0. The molecule has 0 radical (unpaired) electrons. The molecule has 2 N–H and O–H groups in total. The molecular weight excluding hydrogens is 424 g/mol. The van der Waals surface area contributed by atoms with Gasteiger partial charge < -0.3 is 29.2 Å². The van der Waals surface area contributed by atoms with E-state index in [1.807, 2.05) is 0 Å². The maximum atomic E-state index is 13.7. The van der Waals surface area contributed by atoms with Crippen LogP contribution >= 0.6 is 0 Å². The van der Waals surface area contributed by atoms with E-state index in [-0.39, 0.29) is 35.1 Å².